The van der Waals surface area contributed by atoms with Crippen molar-refractivity contribution in [1.82, 2.24) is 14.9 Å². The van der Waals surface area contributed by atoms with E-state index in [1.807, 2.05) is 4.90 Å². The maximum Gasteiger partial charge on any atom is 0.227 e. The van der Waals surface area contributed by atoms with Gasteiger partial charge in [0.25, 0.3) is 0 Å². The Kier molecular flexibility index (Phi) is 4.48. The lowest BCUT2D eigenvalue weighted by atomic mass is 9.96. The highest BCUT2D eigenvalue weighted by Gasteiger charge is 2.31. The maximum absolute atomic E-state index is 13.7. The second-order valence-corrected chi connectivity index (χ2v) is 6.58. The van der Waals surface area contributed by atoms with E-state index in [0.29, 0.717) is 49.6 Å². The summed E-state index contributed by atoms with van der Waals surface area (Å²) >= 11 is 0. The van der Waals surface area contributed by atoms with E-state index >= 15 is 0 Å². The molecule has 2 aliphatic rings. The number of amides is 1. The number of piperidine rings is 1. The van der Waals surface area contributed by atoms with Gasteiger partial charge in [0.1, 0.15) is 18.0 Å². The highest BCUT2D eigenvalue weighted by Crippen LogP contribution is 2.28. The smallest absolute Gasteiger partial charge is 0.227 e. The van der Waals surface area contributed by atoms with Crippen LogP contribution in [0, 0.1) is 11.7 Å². The molecule has 2 saturated heterocycles. The zero-order valence-corrected chi connectivity index (χ0v) is 14.0. The molecule has 1 aromatic carbocycles. The molecule has 1 aromatic heterocycles. The molecular formula is C18H21FN4O2. The van der Waals surface area contributed by atoms with E-state index in [4.69, 9.17) is 4.74 Å². The van der Waals surface area contributed by atoms with Crippen molar-refractivity contribution in [1.29, 1.82) is 0 Å². The van der Waals surface area contributed by atoms with E-state index < -0.39 is 0 Å². The molecular weight excluding hydrogens is 323 g/mol. The molecule has 2 aliphatic heterocycles. The first-order valence-corrected chi connectivity index (χ1v) is 8.74. The number of nitrogens with zero attached hydrogens (tertiary/aromatic N) is 4. The summed E-state index contributed by atoms with van der Waals surface area (Å²) in [4.78, 5) is 25.4. The van der Waals surface area contributed by atoms with Crippen LogP contribution in [0.2, 0.25) is 0 Å². The van der Waals surface area contributed by atoms with Crippen LogP contribution < -0.4 is 4.90 Å². The summed E-state index contributed by atoms with van der Waals surface area (Å²) in [5, 5.41) is 0.696. The van der Waals surface area contributed by atoms with Crippen molar-refractivity contribution in [3.8, 4) is 0 Å². The summed E-state index contributed by atoms with van der Waals surface area (Å²) < 4.78 is 19.0. The van der Waals surface area contributed by atoms with Crippen LogP contribution in [-0.4, -0.2) is 60.2 Å². The van der Waals surface area contributed by atoms with Crippen molar-refractivity contribution in [2.45, 2.75) is 12.8 Å². The Hall–Kier alpha value is -2.28. The number of carbonyl (C=O) groups excluding carboxylic acids is 1. The van der Waals surface area contributed by atoms with Gasteiger partial charge >= 0.3 is 0 Å². The first-order valence-electron chi connectivity index (χ1n) is 8.74. The number of morpholine rings is 1. The van der Waals surface area contributed by atoms with Crippen molar-refractivity contribution >= 4 is 22.6 Å². The van der Waals surface area contributed by atoms with Crippen molar-refractivity contribution in [2.75, 3.05) is 44.3 Å². The van der Waals surface area contributed by atoms with Crippen molar-refractivity contribution in [3.05, 3.63) is 30.3 Å². The van der Waals surface area contributed by atoms with Gasteiger partial charge in [0.15, 0.2) is 0 Å². The Morgan fingerprint density at radius 2 is 2.04 bits per heavy atom. The number of hydrogen-bond donors (Lipinski definition) is 0. The summed E-state index contributed by atoms with van der Waals surface area (Å²) in [6, 6.07) is 4.54. The van der Waals surface area contributed by atoms with Crippen LogP contribution >= 0.6 is 0 Å². The van der Waals surface area contributed by atoms with Crippen LogP contribution in [0.1, 0.15) is 12.8 Å². The second-order valence-electron chi connectivity index (χ2n) is 6.58. The minimum atomic E-state index is -0.304. The molecule has 3 heterocycles. The van der Waals surface area contributed by atoms with Crippen LogP contribution in [0.25, 0.3) is 10.9 Å². The van der Waals surface area contributed by atoms with Crippen molar-refractivity contribution < 1.29 is 13.9 Å². The van der Waals surface area contributed by atoms with Gasteiger partial charge in [0.2, 0.25) is 5.91 Å². The number of halogens is 1. The Bertz CT molecular complexity index is 779. The zero-order valence-electron chi connectivity index (χ0n) is 14.0. The van der Waals surface area contributed by atoms with Crippen molar-refractivity contribution in [3.63, 3.8) is 0 Å². The number of anilines is 1. The van der Waals surface area contributed by atoms with Crippen LogP contribution in [0.15, 0.2) is 24.5 Å². The van der Waals surface area contributed by atoms with E-state index in [-0.39, 0.29) is 17.6 Å². The lowest BCUT2D eigenvalue weighted by Crippen LogP contribution is -2.48. The third-order valence-electron chi connectivity index (χ3n) is 4.97. The fourth-order valence-corrected chi connectivity index (χ4v) is 3.68. The number of aromatic nitrogens is 2. The maximum atomic E-state index is 13.7. The molecule has 0 N–H and O–H groups in total. The standard InChI is InChI=1S/C18H21FN4O2/c19-14-3-4-16-15(10-14)17(21-12-20-16)23-5-1-2-13(11-23)18(24)22-6-8-25-9-7-22/h3-4,10,12-13H,1-2,5-9,11H2. The fourth-order valence-electron chi connectivity index (χ4n) is 3.68. The number of benzene rings is 1. The zero-order chi connectivity index (χ0) is 17.2. The number of rotatable bonds is 2. The molecule has 0 bridgehead atoms. The minimum absolute atomic E-state index is 0.0505. The molecule has 0 radical (unpaired) electrons. The molecule has 4 rings (SSSR count). The average molecular weight is 344 g/mol. The van der Waals surface area contributed by atoms with Gasteiger partial charge in [0.05, 0.1) is 24.6 Å². The predicted molar refractivity (Wildman–Crippen MR) is 91.8 cm³/mol. The number of ether oxygens (including phenoxy) is 1. The summed E-state index contributed by atoms with van der Waals surface area (Å²) in [6.45, 7) is 3.97. The predicted octanol–water partition coefficient (Wildman–Crippen LogP) is 1.84. The summed E-state index contributed by atoms with van der Waals surface area (Å²) in [5.74, 6) is 0.549. The van der Waals surface area contributed by atoms with Crippen molar-refractivity contribution in [2.24, 2.45) is 5.92 Å². The van der Waals surface area contributed by atoms with Crippen LogP contribution in [0.3, 0.4) is 0 Å². The monoisotopic (exact) mass is 344 g/mol. The third-order valence-corrected chi connectivity index (χ3v) is 4.97. The first-order chi connectivity index (χ1) is 12.2. The summed E-state index contributed by atoms with van der Waals surface area (Å²) in [6.07, 6.45) is 3.30. The van der Waals surface area contributed by atoms with E-state index in [1.54, 1.807) is 6.07 Å². The van der Waals surface area contributed by atoms with Crippen LogP contribution in [0.4, 0.5) is 10.2 Å². The molecule has 0 saturated carbocycles. The Morgan fingerprint density at radius 1 is 1.20 bits per heavy atom. The first kappa shape index (κ1) is 16.2. The third kappa shape index (κ3) is 3.28. The van der Waals surface area contributed by atoms with Gasteiger partial charge in [-0.05, 0) is 31.0 Å². The number of carbonyl (C=O) groups is 1. The molecule has 0 spiro atoms. The van der Waals surface area contributed by atoms with E-state index in [0.717, 1.165) is 19.4 Å². The molecule has 132 valence electrons. The molecule has 7 heteroatoms. The Balaban J connectivity index is 1.57. The molecule has 2 fully saturated rings. The largest absolute Gasteiger partial charge is 0.378 e. The molecule has 2 aromatic rings. The van der Waals surface area contributed by atoms with Gasteiger partial charge in [-0.25, -0.2) is 14.4 Å². The Morgan fingerprint density at radius 3 is 2.88 bits per heavy atom. The van der Waals surface area contributed by atoms with Gasteiger partial charge in [-0.3, -0.25) is 4.79 Å². The summed E-state index contributed by atoms with van der Waals surface area (Å²) in [7, 11) is 0. The number of fused-ring (bicyclic) bond motifs is 1. The quantitative estimate of drug-likeness (QED) is 0.832. The molecule has 1 unspecified atom stereocenters. The molecule has 6 nitrogen and oxygen atoms in total. The SMILES string of the molecule is O=C(C1CCCN(c2ncnc3ccc(F)cc23)C1)N1CCOCC1. The number of hydrogen-bond acceptors (Lipinski definition) is 5. The Labute approximate surface area is 145 Å². The van der Waals surface area contributed by atoms with Gasteiger partial charge in [-0.1, -0.05) is 0 Å². The normalized spacial score (nSPS) is 21.6. The van der Waals surface area contributed by atoms with Crippen LogP contribution in [0.5, 0.6) is 0 Å². The van der Waals surface area contributed by atoms with E-state index in [9.17, 15) is 9.18 Å². The lowest BCUT2D eigenvalue weighted by molar-refractivity contribution is -0.139. The van der Waals surface area contributed by atoms with Gasteiger partial charge < -0.3 is 14.5 Å². The lowest BCUT2D eigenvalue weighted by Gasteiger charge is -2.37. The topological polar surface area (TPSA) is 58.6 Å². The van der Waals surface area contributed by atoms with E-state index in [2.05, 4.69) is 14.9 Å². The molecule has 1 atom stereocenters. The molecule has 0 aliphatic carbocycles. The minimum Gasteiger partial charge on any atom is -0.378 e. The van der Waals surface area contributed by atoms with Crippen LogP contribution in [-0.2, 0) is 9.53 Å². The summed E-state index contributed by atoms with van der Waals surface area (Å²) in [5.41, 5.74) is 0.716. The molecule has 1 amide bonds. The van der Waals surface area contributed by atoms with Gasteiger partial charge in [-0.15, -0.1) is 0 Å². The van der Waals surface area contributed by atoms with Gasteiger partial charge in [-0.2, -0.15) is 0 Å². The highest BCUT2D eigenvalue weighted by atomic mass is 19.1. The average Bonchev–Trinajstić information content (AvgIpc) is 2.67. The highest BCUT2D eigenvalue weighted by molar-refractivity contribution is 5.89. The van der Waals surface area contributed by atoms with Gasteiger partial charge in [0, 0.05) is 31.6 Å². The fraction of sp³-hybridized carbons (Fsp3) is 0.500. The van der Waals surface area contributed by atoms with E-state index in [1.165, 1.54) is 18.5 Å². The molecule has 25 heavy (non-hydrogen) atoms. The second kappa shape index (κ2) is 6.92.